The molecule has 11 heteroatoms. The number of benzene rings is 2. The molecule has 2 aromatic rings. The highest BCUT2D eigenvalue weighted by Crippen LogP contribution is 2.29. The molecule has 0 aliphatic carbocycles. The van der Waals surface area contributed by atoms with E-state index in [2.05, 4.69) is 16.0 Å². The molecule has 0 heterocycles. The van der Waals surface area contributed by atoms with Crippen molar-refractivity contribution >= 4 is 81.3 Å². The highest BCUT2D eigenvalue weighted by Gasteiger charge is 2.35. The molecule has 0 saturated heterocycles. The van der Waals surface area contributed by atoms with Crippen molar-refractivity contribution in [3.05, 3.63) is 64.7 Å². The molecule has 1 amide bonds. The molecule has 0 aromatic heterocycles. The van der Waals surface area contributed by atoms with Gasteiger partial charge in [0.15, 0.2) is 5.11 Å². The minimum absolute atomic E-state index is 0.00155. The first-order valence-corrected chi connectivity index (χ1v) is 9.53. The number of aromatic carboxylic acids is 1. The number of rotatable bonds is 5. The number of carboxylic acid groups (broad SMARTS) is 1. The van der Waals surface area contributed by atoms with Gasteiger partial charge in [0.2, 0.25) is 3.79 Å². The SMILES string of the molecule is O=C(O)c1cccc(NC(=S)NC(NC(=O)c2ccccc2Cl)C(Cl)(Cl)Cl)c1. The number of thiocarbonyl (C=S) groups is 1. The second-order valence-corrected chi connectivity index (χ2v) is 8.60. The van der Waals surface area contributed by atoms with Crippen LogP contribution in [0, 0.1) is 0 Å². The Balaban J connectivity index is 2.11. The molecule has 0 bridgehead atoms. The molecule has 148 valence electrons. The van der Waals surface area contributed by atoms with Crippen LogP contribution in [0.5, 0.6) is 0 Å². The number of hydrogen-bond acceptors (Lipinski definition) is 3. The van der Waals surface area contributed by atoms with Crippen molar-refractivity contribution in [1.29, 1.82) is 0 Å². The van der Waals surface area contributed by atoms with Crippen LogP contribution < -0.4 is 16.0 Å². The summed E-state index contributed by atoms with van der Waals surface area (Å²) in [5.74, 6) is -1.67. The van der Waals surface area contributed by atoms with Gasteiger partial charge in [-0.15, -0.1) is 0 Å². The third-order valence-electron chi connectivity index (χ3n) is 3.36. The molecule has 1 atom stereocenters. The zero-order valence-corrected chi connectivity index (χ0v) is 17.7. The van der Waals surface area contributed by atoms with Gasteiger partial charge in [0, 0.05) is 5.69 Å². The average molecular weight is 481 g/mol. The summed E-state index contributed by atoms with van der Waals surface area (Å²) >= 11 is 29.0. The predicted octanol–water partition coefficient (Wildman–Crippen LogP) is 4.45. The van der Waals surface area contributed by atoms with Crippen LogP contribution in [0.15, 0.2) is 48.5 Å². The van der Waals surface area contributed by atoms with E-state index in [4.69, 9.17) is 63.7 Å². The molecule has 0 radical (unpaired) electrons. The Morgan fingerprint density at radius 2 is 1.71 bits per heavy atom. The van der Waals surface area contributed by atoms with Crippen molar-refractivity contribution in [1.82, 2.24) is 10.6 Å². The molecule has 2 aromatic carbocycles. The largest absolute Gasteiger partial charge is 0.478 e. The second kappa shape index (κ2) is 9.62. The number of halogens is 4. The first-order chi connectivity index (χ1) is 13.1. The van der Waals surface area contributed by atoms with Gasteiger partial charge in [-0.05, 0) is 42.5 Å². The lowest BCUT2D eigenvalue weighted by Crippen LogP contribution is -2.56. The van der Waals surface area contributed by atoms with Gasteiger partial charge >= 0.3 is 5.97 Å². The fraction of sp³-hybridized carbons (Fsp3) is 0.118. The summed E-state index contributed by atoms with van der Waals surface area (Å²) in [6.07, 6.45) is -1.20. The molecular formula is C17H13Cl4N3O3S. The first kappa shape index (κ1) is 22.5. The Kier molecular flexibility index (Phi) is 7.74. The monoisotopic (exact) mass is 479 g/mol. The molecule has 6 nitrogen and oxygen atoms in total. The van der Waals surface area contributed by atoms with Gasteiger partial charge in [-0.1, -0.05) is 64.6 Å². The van der Waals surface area contributed by atoms with Crippen LogP contribution in [0.4, 0.5) is 5.69 Å². The summed E-state index contributed by atoms with van der Waals surface area (Å²) in [7, 11) is 0. The summed E-state index contributed by atoms with van der Waals surface area (Å²) in [6.45, 7) is 0. The number of carbonyl (C=O) groups is 2. The maximum Gasteiger partial charge on any atom is 0.335 e. The minimum atomic E-state index is -1.95. The molecular weight excluding hydrogens is 468 g/mol. The first-order valence-electron chi connectivity index (χ1n) is 7.61. The van der Waals surface area contributed by atoms with Crippen molar-refractivity contribution in [3.63, 3.8) is 0 Å². The van der Waals surface area contributed by atoms with Gasteiger partial charge in [-0.3, -0.25) is 4.79 Å². The predicted molar refractivity (Wildman–Crippen MR) is 116 cm³/mol. The molecule has 28 heavy (non-hydrogen) atoms. The van der Waals surface area contributed by atoms with Crippen LogP contribution in [0.1, 0.15) is 20.7 Å². The highest BCUT2D eigenvalue weighted by atomic mass is 35.6. The maximum absolute atomic E-state index is 12.4. The summed E-state index contributed by atoms with van der Waals surface area (Å²) in [5, 5.41) is 17.2. The number of alkyl halides is 3. The molecule has 1 unspecified atom stereocenters. The van der Waals surface area contributed by atoms with E-state index in [-0.39, 0.29) is 21.3 Å². The van der Waals surface area contributed by atoms with Gasteiger partial charge in [0.1, 0.15) is 6.17 Å². The Bertz CT molecular complexity index is 905. The fourth-order valence-corrected chi connectivity index (χ4v) is 2.87. The number of nitrogens with one attached hydrogen (secondary N) is 3. The third kappa shape index (κ3) is 6.39. The zero-order valence-electron chi connectivity index (χ0n) is 13.9. The van der Waals surface area contributed by atoms with E-state index < -0.39 is 21.8 Å². The number of anilines is 1. The van der Waals surface area contributed by atoms with E-state index in [1.165, 1.54) is 18.2 Å². The number of carbonyl (C=O) groups excluding carboxylic acids is 1. The van der Waals surface area contributed by atoms with Crippen LogP contribution in [0.25, 0.3) is 0 Å². The van der Waals surface area contributed by atoms with Crippen molar-refractivity contribution < 1.29 is 14.7 Å². The van der Waals surface area contributed by atoms with Crippen LogP contribution >= 0.6 is 58.6 Å². The minimum Gasteiger partial charge on any atom is -0.478 e. The highest BCUT2D eigenvalue weighted by molar-refractivity contribution is 7.80. The van der Waals surface area contributed by atoms with Crippen molar-refractivity contribution in [2.45, 2.75) is 9.96 Å². The average Bonchev–Trinajstić information content (AvgIpc) is 2.60. The van der Waals surface area contributed by atoms with Crippen LogP contribution in [-0.2, 0) is 0 Å². The standard InChI is InChI=1S/C17H13Cl4N3O3S/c18-12-7-2-1-6-11(12)13(25)23-15(17(19,20)21)24-16(28)22-10-5-3-4-9(8-10)14(26)27/h1-8,15H,(H,23,25)(H,26,27)(H2,22,24,28). The van der Waals surface area contributed by atoms with E-state index in [0.717, 1.165) is 0 Å². The van der Waals surface area contributed by atoms with Crippen LogP contribution in [0.2, 0.25) is 5.02 Å². The van der Waals surface area contributed by atoms with E-state index >= 15 is 0 Å². The lowest BCUT2D eigenvalue weighted by molar-refractivity contribution is 0.0696. The summed E-state index contributed by atoms with van der Waals surface area (Å²) in [5.41, 5.74) is 0.661. The number of hydrogen-bond donors (Lipinski definition) is 4. The Morgan fingerprint density at radius 1 is 1.04 bits per heavy atom. The summed E-state index contributed by atoms with van der Waals surface area (Å²) in [4.78, 5) is 23.5. The summed E-state index contributed by atoms with van der Waals surface area (Å²) in [6, 6.07) is 12.3. The smallest absolute Gasteiger partial charge is 0.335 e. The molecule has 0 spiro atoms. The lowest BCUT2D eigenvalue weighted by atomic mass is 10.2. The molecule has 0 saturated carbocycles. The second-order valence-electron chi connectivity index (χ2n) is 5.41. The van der Waals surface area contributed by atoms with Gasteiger partial charge in [-0.25, -0.2) is 4.79 Å². The number of carboxylic acids is 1. The summed E-state index contributed by atoms with van der Waals surface area (Å²) < 4.78 is -1.95. The molecule has 0 aliphatic heterocycles. The fourth-order valence-electron chi connectivity index (χ4n) is 2.08. The third-order valence-corrected chi connectivity index (χ3v) is 4.57. The zero-order chi connectivity index (χ0) is 20.9. The van der Waals surface area contributed by atoms with Crippen LogP contribution in [0.3, 0.4) is 0 Å². The van der Waals surface area contributed by atoms with E-state index in [0.29, 0.717) is 5.69 Å². The van der Waals surface area contributed by atoms with Crippen molar-refractivity contribution in [2.24, 2.45) is 0 Å². The quantitative estimate of drug-likeness (QED) is 0.287. The normalized spacial score (nSPS) is 12.0. The Hall–Kier alpha value is -1.77. The van der Waals surface area contributed by atoms with Gasteiger partial charge < -0.3 is 21.1 Å². The number of amides is 1. The topological polar surface area (TPSA) is 90.5 Å². The molecule has 2 rings (SSSR count). The van der Waals surface area contributed by atoms with Crippen LogP contribution in [-0.4, -0.2) is 32.1 Å². The van der Waals surface area contributed by atoms with Gasteiger partial charge in [0.25, 0.3) is 5.91 Å². The molecule has 4 N–H and O–H groups in total. The van der Waals surface area contributed by atoms with E-state index in [1.807, 2.05) is 0 Å². The molecule has 0 fully saturated rings. The van der Waals surface area contributed by atoms with E-state index in [1.54, 1.807) is 30.3 Å². The lowest BCUT2D eigenvalue weighted by Gasteiger charge is -2.28. The Morgan fingerprint density at radius 3 is 2.32 bits per heavy atom. The molecule has 0 aliphatic rings. The maximum atomic E-state index is 12.4. The Labute approximate surface area is 186 Å². The van der Waals surface area contributed by atoms with Gasteiger partial charge in [0.05, 0.1) is 16.1 Å². The van der Waals surface area contributed by atoms with Crippen molar-refractivity contribution in [2.75, 3.05) is 5.32 Å². The van der Waals surface area contributed by atoms with E-state index in [9.17, 15) is 9.59 Å². The van der Waals surface area contributed by atoms with Gasteiger partial charge in [-0.2, -0.15) is 0 Å². The van der Waals surface area contributed by atoms with Crippen molar-refractivity contribution in [3.8, 4) is 0 Å².